The molecule has 0 spiro atoms. The topological polar surface area (TPSA) is 87.3 Å². The van der Waals surface area contributed by atoms with Crippen LogP contribution in [0.4, 0.5) is 4.79 Å². The van der Waals surface area contributed by atoms with Gasteiger partial charge in [0.05, 0.1) is 6.61 Å². The molecule has 0 bridgehead atoms. The number of nitrogens with two attached hydrogens (primary N) is 1. The molecule has 0 unspecified atom stereocenters. The average Bonchev–Trinajstić information content (AvgIpc) is 1.61. The van der Waals surface area contributed by atoms with Crippen molar-refractivity contribution >= 4 is 6.09 Å². The Kier molecular flexibility index (Phi) is 6.61. The van der Waals surface area contributed by atoms with Gasteiger partial charge >= 0.3 is 6.09 Å². The van der Waals surface area contributed by atoms with Crippen LogP contribution in [-0.2, 0) is 4.74 Å². The standard InChI is InChI=1S/C5H11NO2.H3N/c1-4(2)3-8-5(6)7;/h4H,3H2,1-2H3,(H2,6,7);1H3. The normalized spacial score (nSPS) is 8.33. The lowest BCUT2D eigenvalue weighted by Gasteiger charge is -2.01. The fourth-order valence-electron chi connectivity index (χ4n) is 0.249. The highest BCUT2D eigenvalue weighted by atomic mass is 16.5. The summed E-state index contributed by atoms with van der Waals surface area (Å²) >= 11 is 0. The first-order valence-electron chi connectivity index (χ1n) is 2.55. The lowest BCUT2D eigenvalue weighted by molar-refractivity contribution is 0.143. The lowest BCUT2D eigenvalue weighted by Crippen LogP contribution is -2.16. The Balaban J connectivity index is 0. The zero-order chi connectivity index (χ0) is 6.57. The van der Waals surface area contributed by atoms with Crippen LogP contribution in [0.5, 0.6) is 0 Å². The predicted octanol–water partition coefficient (Wildman–Crippen LogP) is 0.900. The molecular formula is C5H14N2O2. The molecule has 0 saturated carbocycles. The van der Waals surface area contributed by atoms with Crippen molar-refractivity contribution in [1.82, 2.24) is 6.15 Å². The Morgan fingerprint density at radius 2 is 2.11 bits per heavy atom. The lowest BCUT2D eigenvalue weighted by atomic mass is 10.2. The first-order valence-corrected chi connectivity index (χ1v) is 2.55. The summed E-state index contributed by atoms with van der Waals surface area (Å²) in [6.07, 6.45) is -0.696. The van der Waals surface area contributed by atoms with Gasteiger partial charge in [-0.2, -0.15) is 0 Å². The van der Waals surface area contributed by atoms with Gasteiger partial charge in [-0.3, -0.25) is 0 Å². The van der Waals surface area contributed by atoms with Crippen molar-refractivity contribution < 1.29 is 9.53 Å². The Morgan fingerprint density at radius 3 is 2.22 bits per heavy atom. The van der Waals surface area contributed by atoms with Crippen LogP contribution in [0.25, 0.3) is 0 Å². The van der Waals surface area contributed by atoms with E-state index in [9.17, 15) is 4.79 Å². The van der Waals surface area contributed by atoms with Gasteiger partial charge in [-0.25, -0.2) is 4.79 Å². The number of rotatable bonds is 2. The first kappa shape index (κ1) is 11.1. The van der Waals surface area contributed by atoms with E-state index < -0.39 is 6.09 Å². The molecule has 0 aromatic rings. The highest BCUT2D eigenvalue weighted by molar-refractivity contribution is 5.64. The van der Waals surface area contributed by atoms with Crippen LogP contribution in [0.1, 0.15) is 13.8 Å². The van der Waals surface area contributed by atoms with Crippen molar-refractivity contribution in [1.29, 1.82) is 0 Å². The monoisotopic (exact) mass is 134 g/mol. The zero-order valence-corrected chi connectivity index (χ0v) is 5.89. The zero-order valence-electron chi connectivity index (χ0n) is 5.89. The molecule has 0 aliphatic carbocycles. The SMILES string of the molecule is CC(C)COC(N)=O.N. The minimum Gasteiger partial charge on any atom is -0.449 e. The minimum atomic E-state index is -0.696. The second-order valence-electron chi connectivity index (χ2n) is 2.02. The third-order valence-corrected chi connectivity index (χ3v) is 0.559. The molecule has 0 heterocycles. The molecule has 0 rings (SSSR count). The van der Waals surface area contributed by atoms with Crippen LogP contribution in [-0.4, -0.2) is 12.7 Å². The molecule has 56 valence electrons. The van der Waals surface area contributed by atoms with Gasteiger partial charge in [0.25, 0.3) is 0 Å². The fourth-order valence-corrected chi connectivity index (χ4v) is 0.249. The van der Waals surface area contributed by atoms with E-state index in [-0.39, 0.29) is 6.15 Å². The Labute approximate surface area is 54.9 Å². The number of amides is 1. The van der Waals surface area contributed by atoms with Crippen molar-refractivity contribution in [2.45, 2.75) is 13.8 Å². The summed E-state index contributed by atoms with van der Waals surface area (Å²) in [6.45, 7) is 4.31. The summed E-state index contributed by atoms with van der Waals surface area (Å²) in [6, 6.07) is 0. The Morgan fingerprint density at radius 1 is 1.67 bits per heavy atom. The van der Waals surface area contributed by atoms with E-state index in [1.165, 1.54) is 0 Å². The van der Waals surface area contributed by atoms with Gasteiger partial charge in [0.15, 0.2) is 0 Å². The number of ether oxygens (including phenoxy) is 1. The highest BCUT2D eigenvalue weighted by Crippen LogP contribution is 1.90. The van der Waals surface area contributed by atoms with Gasteiger partial charge in [0.2, 0.25) is 0 Å². The van der Waals surface area contributed by atoms with Crippen LogP contribution in [0.15, 0.2) is 0 Å². The Bertz CT molecular complexity index is 83.0. The van der Waals surface area contributed by atoms with Gasteiger partial charge in [-0.05, 0) is 5.92 Å². The van der Waals surface area contributed by atoms with E-state index in [1.807, 2.05) is 13.8 Å². The molecule has 0 aliphatic heterocycles. The largest absolute Gasteiger partial charge is 0.449 e. The summed E-state index contributed by atoms with van der Waals surface area (Å²) in [4.78, 5) is 9.90. The molecule has 1 amide bonds. The van der Waals surface area contributed by atoms with E-state index in [1.54, 1.807) is 0 Å². The van der Waals surface area contributed by atoms with E-state index in [0.29, 0.717) is 12.5 Å². The number of hydrogen-bond donors (Lipinski definition) is 2. The molecule has 4 nitrogen and oxygen atoms in total. The van der Waals surface area contributed by atoms with E-state index in [4.69, 9.17) is 0 Å². The van der Waals surface area contributed by atoms with Crippen LogP contribution in [0.2, 0.25) is 0 Å². The van der Waals surface area contributed by atoms with E-state index >= 15 is 0 Å². The quantitative estimate of drug-likeness (QED) is 0.588. The maximum absolute atomic E-state index is 9.90. The van der Waals surface area contributed by atoms with Crippen LogP contribution in [0.3, 0.4) is 0 Å². The third-order valence-electron chi connectivity index (χ3n) is 0.559. The van der Waals surface area contributed by atoms with Crippen LogP contribution >= 0.6 is 0 Å². The van der Waals surface area contributed by atoms with E-state index in [0.717, 1.165) is 0 Å². The Hall–Kier alpha value is -0.770. The van der Waals surface area contributed by atoms with Crippen molar-refractivity contribution in [3.05, 3.63) is 0 Å². The van der Waals surface area contributed by atoms with Gasteiger partial charge in [0.1, 0.15) is 0 Å². The average molecular weight is 134 g/mol. The second-order valence-corrected chi connectivity index (χ2v) is 2.02. The summed E-state index contributed by atoms with van der Waals surface area (Å²) in [5.74, 6) is 0.363. The number of carbonyl (C=O) groups is 1. The molecule has 0 atom stereocenters. The van der Waals surface area contributed by atoms with Gasteiger partial charge in [-0.15, -0.1) is 0 Å². The molecule has 0 aliphatic rings. The molecular weight excluding hydrogens is 120 g/mol. The molecule has 5 N–H and O–H groups in total. The highest BCUT2D eigenvalue weighted by Gasteiger charge is 1.95. The molecule has 0 saturated heterocycles. The summed E-state index contributed by atoms with van der Waals surface area (Å²) < 4.78 is 4.44. The molecule has 0 aromatic heterocycles. The van der Waals surface area contributed by atoms with Crippen LogP contribution < -0.4 is 11.9 Å². The van der Waals surface area contributed by atoms with Gasteiger partial charge < -0.3 is 16.6 Å². The van der Waals surface area contributed by atoms with E-state index in [2.05, 4.69) is 10.5 Å². The number of hydrogen-bond acceptors (Lipinski definition) is 3. The maximum atomic E-state index is 9.90. The fraction of sp³-hybridized carbons (Fsp3) is 0.800. The van der Waals surface area contributed by atoms with Crippen molar-refractivity contribution in [2.75, 3.05) is 6.61 Å². The second kappa shape index (κ2) is 5.37. The van der Waals surface area contributed by atoms with Crippen molar-refractivity contribution in [3.8, 4) is 0 Å². The van der Waals surface area contributed by atoms with Crippen molar-refractivity contribution in [2.24, 2.45) is 11.7 Å². The van der Waals surface area contributed by atoms with Gasteiger partial charge in [-0.1, -0.05) is 13.8 Å². The molecule has 4 heteroatoms. The summed E-state index contributed by atoms with van der Waals surface area (Å²) in [5.41, 5.74) is 4.68. The third kappa shape index (κ3) is 11.1. The predicted molar refractivity (Wildman–Crippen MR) is 35.4 cm³/mol. The maximum Gasteiger partial charge on any atom is 0.404 e. The first-order chi connectivity index (χ1) is 3.63. The smallest absolute Gasteiger partial charge is 0.404 e. The van der Waals surface area contributed by atoms with Crippen LogP contribution in [0, 0.1) is 5.92 Å². The molecule has 0 fully saturated rings. The summed E-state index contributed by atoms with van der Waals surface area (Å²) in [5, 5.41) is 0. The molecule has 0 aromatic carbocycles. The van der Waals surface area contributed by atoms with Crippen molar-refractivity contribution in [3.63, 3.8) is 0 Å². The minimum absolute atomic E-state index is 0. The number of primary amides is 1. The molecule has 0 radical (unpaired) electrons. The number of carbonyl (C=O) groups excluding carboxylic acids is 1. The van der Waals surface area contributed by atoms with Gasteiger partial charge in [0, 0.05) is 0 Å². The molecule has 9 heavy (non-hydrogen) atoms. The summed E-state index contributed by atoms with van der Waals surface area (Å²) in [7, 11) is 0.